The molecule has 22 heavy (non-hydrogen) atoms. The van der Waals surface area contributed by atoms with Crippen molar-refractivity contribution in [1.82, 2.24) is 11.0 Å². The number of carbonyl (C=O) groups excluding carboxylic acids is 4. The Morgan fingerprint density at radius 1 is 1.00 bits per heavy atom. The van der Waals surface area contributed by atoms with Gasteiger partial charge in [-0.1, -0.05) is 28.5 Å². The average molecular weight is 352 g/mol. The molecule has 0 radical (unpaired) electrons. The monoisotopic (exact) mass is 352 g/mol. The van der Waals surface area contributed by atoms with Crippen LogP contribution < -0.4 is 11.0 Å². The van der Waals surface area contributed by atoms with Crippen LogP contribution in [0.5, 0.6) is 0 Å². The van der Waals surface area contributed by atoms with Crippen molar-refractivity contribution in [3.8, 4) is 0 Å². The van der Waals surface area contributed by atoms with Crippen molar-refractivity contribution in [2.75, 3.05) is 11.5 Å². The fourth-order valence-electron chi connectivity index (χ4n) is 1.09. The molecule has 10 heteroatoms. The summed E-state index contributed by atoms with van der Waals surface area (Å²) in [6.07, 6.45) is 0.801. The Bertz CT molecular complexity index is 405. The highest BCUT2D eigenvalue weighted by atomic mass is 33.1. The summed E-state index contributed by atoms with van der Waals surface area (Å²) in [5.41, 5.74) is 4.11. The maximum absolute atomic E-state index is 11.7. The van der Waals surface area contributed by atoms with Gasteiger partial charge in [0.15, 0.2) is 0 Å². The highest BCUT2D eigenvalue weighted by Crippen LogP contribution is 2.25. The van der Waals surface area contributed by atoms with Crippen molar-refractivity contribution in [2.24, 2.45) is 5.92 Å². The van der Waals surface area contributed by atoms with E-state index in [2.05, 4.69) is 15.2 Å². The van der Waals surface area contributed by atoms with Crippen LogP contribution in [0, 0.1) is 5.92 Å². The molecule has 0 spiro atoms. The second-order valence-electron chi connectivity index (χ2n) is 4.14. The molecule has 1 unspecified atom stereocenters. The zero-order chi connectivity index (χ0) is 17.0. The lowest BCUT2D eigenvalue weighted by molar-refractivity contribution is -0.157. The lowest BCUT2D eigenvalue weighted by Gasteiger charge is -2.13. The minimum Gasteiger partial charge on any atom is -0.341 e. The molecule has 8 nitrogen and oxygen atoms in total. The number of rotatable bonds is 8. The van der Waals surface area contributed by atoms with Gasteiger partial charge < -0.3 is 9.68 Å². The van der Waals surface area contributed by atoms with Gasteiger partial charge in [-0.25, -0.2) is 0 Å². The Hall–Kier alpha value is -1.42. The van der Waals surface area contributed by atoms with E-state index in [4.69, 9.17) is 0 Å². The molecule has 2 amide bonds. The van der Waals surface area contributed by atoms with Gasteiger partial charge >= 0.3 is 11.9 Å². The fraction of sp³-hybridized carbons (Fsp3) is 0.667. The second kappa shape index (κ2) is 12.2. The van der Waals surface area contributed by atoms with Crippen molar-refractivity contribution in [2.45, 2.75) is 33.6 Å². The minimum atomic E-state index is -0.583. The van der Waals surface area contributed by atoms with Crippen LogP contribution >= 0.6 is 21.6 Å². The first kappa shape index (κ1) is 20.6. The fourth-order valence-corrected chi connectivity index (χ4v) is 3.51. The molecule has 0 rings (SSSR count). The summed E-state index contributed by atoms with van der Waals surface area (Å²) in [7, 11) is 2.87. The molecule has 2 N–H and O–H groups in total. The average Bonchev–Trinajstić information content (AvgIpc) is 2.46. The summed E-state index contributed by atoms with van der Waals surface area (Å²) in [5, 5.41) is 0. The molecule has 1 atom stereocenters. The number of hydrogen-bond acceptors (Lipinski definition) is 8. The van der Waals surface area contributed by atoms with Crippen molar-refractivity contribution in [3.05, 3.63) is 0 Å². The third kappa shape index (κ3) is 11.3. The molecular formula is C12H20N2O6S2. The first-order valence-electron chi connectivity index (χ1n) is 6.54. The molecule has 0 aromatic heterocycles. The van der Waals surface area contributed by atoms with Gasteiger partial charge in [0.2, 0.25) is 0 Å². The van der Waals surface area contributed by atoms with Crippen LogP contribution in [0.4, 0.5) is 0 Å². The van der Waals surface area contributed by atoms with Crippen LogP contribution in [-0.4, -0.2) is 35.3 Å². The molecule has 0 saturated carbocycles. The minimum absolute atomic E-state index is 0.196. The molecule has 0 heterocycles. The van der Waals surface area contributed by atoms with Crippen molar-refractivity contribution in [1.29, 1.82) is 0 Å². The zero-order valence-electron chi connectivity index (χ0n) is 12.7. The van der Waals surface area contributed by atoms with E-state index in [-0.39, 0.29) is 24.2 Å². The van der Waals surface area contributed by atoms with Crippen molar-refractivity contribution in [3.63, 3.8) is 0 Å². The van der Waals surface area contributed by atoms with E-state index in [1.54, 1.807) is 0 Å². The lowest BCUT2D eigenvalue weighted by Crippen LogP contribution is -2.33. The number of hydrogen-bond donors (Lipinski definition) is 2. The highest BCUT2D eigenvalue weighted by molar-refractivity contribution is 8.76. The van der Waals surface area contributed by atoms with Crippen molar-refractivity contribution >= 4 is 45.3 Å². The normalized spacial score (nSPS) is 11.2. The molecule has 0 aliphatic heterocycles. The van der Waals surface area contributed by atoms with E-state index in [9.17, 15) is 19.2 Å². The predicted octanol–water partition coefficient (Wildman–Crippen LogP) is 0.973. The van der Waals surface area contributed by atoms with Gasteiger partial charge in [0.05, 0.1) is 5.92 Å². The van der Waals surface area contributed by atoms with Crippen LogP contribution in [0.1, 0.15) is 33.6 Å². The van der Waals surface area contributed by atoms with Gasteiger partial charge in [-0.3, -0.25) is 19.2 Å². The summed E-state index contributed by atoms with van der Waals surface area (Å²) >= 11 is 0. The van der Waals surface area contributed by atoms with Crippen LogP contribution in [-0.2, 0) is 28.9 Å². The summed E-state index contributed by atoms with van der Waals surface area (Å²) in [6.45, 7) is 4.25. The molecule has 0 fully saturated rings. The van der Waals surface area contributed by atoms with E-state index >= 15 is 0 Å². The third-order valence-electron chi connectivity index (χ3n) is 2.23. The second-order valence-corrected chi connectivity index (χ2v) is 6.77. The standard InChI is InChI=1S/C12H20N2O6S2/c1-4-10(12(18)14-20-9(3)16)7-22-21-6-5-11(17)13-19-8(2)15/h10H,4-7H2,1-3H3,(H,13,17)(H,14,18). The molecule has 126 valence electrons. The SMILES string of the molecule is CCC(CSSCCC(=O)NOC(C)=O)C(=O)NOC(C)=O. The van der Waals surface area contributed by atoms with Gasteiger partial charge in [0.25, 0.3) is 11.8 Å². The molecule has 0 aromatic rings. The zero-order valence-corrected chi connectivity index (χ0v) is 14.3. The first-order valence-corrected chi connectivity index (χ1v) is 9.03. The Morgan fingerprint density at radius 2 is 1.59 bits per heavy atom. The molecular weight excluding hydrogens is 332 g/mol. The maximum Gasteiger partial charge on any atom is 0.329 e. The molecule has 0 saturated heterocycles. The van der Waals surface area contributed by atoms with E-state index in [1.165, 1.54) is 35.4 Å². The van der Waals surface area contributed by atoms with Crippen LogP contribution in [0.3, 0.4) is 0 Å². The number of hydroxylamine groups is 2. The van der Waals surface area contributed by atoms with Gasteiger partial charge in [-0.15, -0.1) is 0 Å². The van der Waals surface area contributed by atoms with E-state index in [0.29, 0.717) is 17.9 Å². The summed E-state index contributed by atoms with van der Waals surface area (Å²) in [5.74, 6) is -1.14. The first-order chi connectivity index (χ1) is 10.4. The highest BCUT2D eigenvalue weighted by Gasteiger charge is 2.17. The third-order valence-corrected chi connectivity index (χ3v) is 4.72. The maximum atomic E-state index is 11.7. The van der Waals surface area contributed by atoms with Gasteiger partial charge in [0.1, 0.15) is 0 Å². The Labute approximate surface area is 136 Å². The smallest absolute Gasteiger partial charge is 0.329 e. The molecule has 0 bridgehead atoms. The molecule has 0 aromatic carbocycles. The van der Waals surface area contributed by atoms with Crippen molar-refractivity contribution < 1.29 is 28.9 Å². The Kier molecular flexibility index (Phi) is 11.4. The van der Waals surface area contributed by atoms with Gasteiger partial charge in [-0.2, -0.15) is 11.0 Å². The number of amides is 2. The Balaban J connectivity index is 3.78. The van der Waals surface area contributed by atoms with Gasteiger partial charge in [-0.05, 0) is 6.42 Å². The van der Waals surface area contributed by atoms with Crippen LogP contribution in [0.15, 0.2) is 0 Å². The van der Waals surface area contributed by atoms with Crippen LogP contribution in [0.2, 0.25) is 0 Å². The summed E-state index contributed by atoms with van der Waals surface area (Å²) in [4.78, 5) is 52.8. The molecule has 0 aliphatic rings. The Morgan fingerprint density at radius 3 is 2.14 bits per heavy atom. The van der Waals surface area contributed by atoms with Gasteiger partial charge in [0, 0.05) is 31.8 Å². The van der Waals surface area contributed by atoms with Crippen LogP contribution in [0.25, 0.3) is 0 Å². The summed E-state index contributed by atoms with van der Waals surface area (Å²) in [6, 6.07) is 0. The largest absolute Gasteiger partial charge is 0.341 e. The van der Waals surface area contributed by atoms with E-state index < -0.39 is 11.9 Å². The predicted molar refractivity (Wildman–Crippen MR) is 83.1 cm³/mol. The number of nitrogens with one attached hydrogen (secondary N) is 2. The lowest BCUT2D eigenvalue weighted by atomic mass is 10.1. The molecule has 0 aliphatic carbocycles. The van der Waals surface area contributed by atoms with E-state index in [1.807, 2.05) is 12.4 Å². The number of carbonyl (C=O) groups is 4. The quantitative estimate of drug-likeness (QED) is 0.378. The summed E-state index contributed by atoms with van der Waals surface area (Å²) < 4.78 is 0. The topological polar surface area (TPSA) is 111 Å². The van der Waals surface area contributed by atoms with E-state index in [0.717, 1.165) is 0 Å².